The van der Waals surface area contributed by atoms with Crippen molar-refractivity contribution in [2.45, 2.75) is 76.0 Å². The number of nitrogens with zero attached hydrogens (tertiary/aromatic N) is 5. The number of ether oxygens (including phenoxy) is 2. The molecule has 5 aromatic heterocycles. The minimum absolute atomic E-state index is 0. The van der Waals surface area contributed by atoms with E-state index in [0.717, 1.165) is 104 Å². The number of amides is 2. The van der Waals surface area contributed by atoms with Gasteiger partial charge in [-0.25, -0.2) is 44.7 Å². The van der Waals surface area contributed by atoms with Gasteiger partial charge in [-0.1, -0.05) is 121 Å². The monoisotopic (exact) mass is 1150 g/mol. The number of carbonyl (C=O) groups excluding carboxylic acids is 2. The number of rotatable bonds is 7. The van der Waals surface area contributed by atoms with E-state index in [4.69, 9.17) is 32.0 Å². The van der Waals surface area contributed by atoms with Gasteiger partial charge in [0.05, 0.1) is 35.1 Å². The molecule has 0 unspecified atom stereocenters. The van der Waals surface area contributed by atoms with E-state index in [1.807, 2.05) is 69.3 Å². The zero-order chi connectivity index (χ0) is 50.6. The van der Waals surface area contributed by atoms with Crippen LogP contribution in [0.3, 0.4) is 0 Å². The van der Waals surface area contributed by atoms with Crippen LogP contribution in [0.1, 0.15) is 70.4 Å². The molecule has 2 amide bonds. The molecule has 9 aromatic rings. The van der Waals surface area contributed by atoms with Gasteiger partial charge in [-0.2, -0.15) is 5.10 Å². The van der Waals surface area contributed by atoms with Crippen molar-refractivity contribution >= 4 is 88.5 Å². The van der Waals surface area contributed by atoms with E-state index in [1.54, 1.807) is 17.8 Å². The zero-order valence-electron chi connectivity index (χ0n) is 43.1. The number of carbonyl (C=O) groups is 2. The summed E-state index contributed by atoms with van der Waals surface area (Å²) >= 11 is 6.39. The van der Waals surface area contributed by atoms with E-state index in [-0.39, 0.29) is 117 Å². The Hall–Kier alpha value is -5.51. The molecular weight excluding hydrogens is 1090 g/mol. The molecule has 0 saturated heterocycles. The predicted molar refractivity (Wildman–Crippen MR) is 305 cm³/mol. The molecule has 8 N–H and O–H groups in total. The second-order valence-corrected chi connectivity index (χ2v) is 19.4. The van der Waals surface area contributed by atoms with Gasteiger partial charge in [0.2, 0.25) is 0 Å². The Labute approximate surface area is 511 Å². The number of hydrogen-bond donors (Lipinski definition) is 5. The van der Waals surface area contributed by atoms with Crippen LogP contribution in [0, 0.1) is 0 Å². The van der Waals surface area contributed by atoms with Gasteiger partial charge in [0.15, 0.2) is 5.65 Å². The number of benzene rings is 4. The number of pyridine rings is 4. The van der Waals surface area contributed by atoms with Crippen LogP contribution in [0.5, 0.6) is 0 Å². The molecule has 2 saturated carbocycles. The first-order chi connectivity index (χ1) is 34.7. The fourth-order valence-corrected chi connectivity index (χ4v) is 9.33. The van der Waals surface area contributed by atoms with Crippen molar-refractivity contribution in [2.75, 3.05) is 7.11 Å². The van der Waals surface area contributed by atoms with E-state index in [9.17, 15) is 14.4 Å². The first kappa shape index (κ1) is 64.0. The molecule has 2 fully saturated rings. The predicted octanol–water partition coefficient (Wildman–Crippen LogP) is 9.07. The van der Waals surface area contributed by atoms with Crippen molar-refractivity contribution in [1.82, 2.24) is 40.3 Å². The van der Waals surface area contributed by atoms with Crippen LogP contribution in [-0.4, -0.2) is 59.9 Å². The molecule has 16 nitrogen and oxygen atoms in total. The Bertz CT molecular complexity index is 3480. The topological polar surface area (TPSA) is 248 Å². The maximum Gasteiger partial charge on any atom is 1.00 e. The molecule has 0 aliphatic heterocycles. The van der Waals surface area contributed by atoms with Gasteiger partial charge in [0, 0.05) is 51.0 Å². The maximum atomic E-state index is 12.5. The standard InChI is InChI=1S/C29H28ClN3O2.C25H21N5O.C2H6N2O2.3ClH.K.H2O/c1-28(2,3)35-27(34)33-29(15-7-16-29)21-12-10-20(11-13-21)25-22(19-8-5-4-6-9-19)18-23-24(32-25)14-17-31-26(23)30;26-25(12-4-13-25)18-9-7-17(8-10-18)22-19(16-5-2-1-3-6-16)15-20-21(27-22)11-14-30-23(20)28-29-24(30)31;1-6-2(5)4-3;;;;;/h4-6,8-14,17-18H,7,15-16H2,1-3H3,(H,33,34);1-3,5-11,14-15H,4,12-13,26H2,(H,29,31);3H2,1H3,(H,4,5);3*1H;;1H2/q;;;;;;+1;/p-1. The number of nitrogens with one attached hydrogen (secondary N) is 3. The Morgan fingerprint density at radius 3 is 1.66 bits per heavy atom. The number of aromatic amines is 1. The number of halogens is 4. The fourth-order valence-electron chi connectivity index (χ4n) is 9.12. The van der Waals surface area contributed by atoms with Gasteiger partial charge in [-0.15, -0.1) is 37.2 Å². The fraction of sp³-hybridized carbons (Fsp3) is 0.232. The Morgan fingerprint density at radius 1 is 0.701 bits per heavy atom. The van der Waals surface area contributed by atoms with Crippen molar-refractivity contribution < 1.29 is 75.9 Å². The zero-order valence-corrected chi connectivity index (χ0v) is 49.4. The van der Waals surface area contributed by atoms with Crippen LogP contribution in [0.15, 0.2) is 151 Å². The van der Waals surface area contributed by atoms with Crippen molar-refractivity contribution in [3.63, 3.8) is 0 Å². The summed E-state index contributed by atoms with van der Waals surface area (Å²) in [5.41, 5.74) is 19.2. The summed E-state index contributed by atoms with van der Waals surface area (Å²) in [6.07, 6.45) is 8.48. The smallest absolute Gasteiger partial charge is 0.870 e. The number of hydrazine groups is 1. The first-order valence-corrected chi connectivity index (χ1v) is 24.1. The molecule has 4 aromatic carbocycles. The van der Waals surface area contributed by atoms with Crippen molar-refractivity contribution in [1.29, 1.82) is 0 Å². The Kier molecular flexibility index (Phi) is 22.8. The van der Waals surface area contributed by atoms with E-state index >= 15 is 0 Å². The molecule has 5 heterocycles. The van der Waals surface area contributed by atoms with Gasteiger partial charge in [0.1, 0.15) is 10.8 Å². The third-order valence-electron chi connectivity index (χ3n) is 13.2. The number of methoxy groups -OCH3 is 1. The summed E-state index contributed by atoms with van der Waals surface area (Å²) in [6, 6.07) is 45.0. The second kappa shape index (κ2) is 27.4. The molecular formula is C56H59Cl4KN10O6. The van der Waals surface area contributed by atoms with E-state index in [1.165, 1.54) is 23.5 Å². The minimum atomic E-state index is -0.630. The van der Waals surface area contributed by atoms with Crippen LogP contribution in [0.25, 0.3) is 72.2 Å². The molecule has 398 valence electrons. The van der Waals surface area contributed by atoms with Gasteiger partial charge in [-0.3, -0.25) is 5.43 Å². The molecule has 21 heteroatoms. The van der Waals surface area contributed by atoms with Crippen molar-refractivity contribution in [3.05, 3.63) is 173 Å². The second-order valence-electron chi connectivity index (χ2n) is 19.0. The normalized spacial score (nSPS) is 13.4. The number of H-pyrrole nitrogens is 1. The first-order valence-electron chi connectivity index (χ1n) is 23.7. The number of hydrogen-bond acceptors (Lipinski definition) is 12. The molecule has 0 radical (unpaired) electrons. The van der Waals surface area contributed by atoms with Crippen molar-refractivity contribution in [2.24, 2.45) is 11.6 Å². The summed E-state index contributed by atoms with van der Waals surface area (Å²) in [6.45, 7) is 5.62. The van der Waals surface area contributed by atoms with Crippen molar-refractivity contribution in [3.8, 4) is 44.8 Å². The van der Waals surface area contributed by atoms with Crippen LogP contribution in [0.4, 0.5) is 9.59 Å². The average Bonchev–Trinajstić information content (AvgIpc) is 3.76. The molecule has 0 spiro atoms. The third-order valence-corrected chi connectivity index (χ3v) is 13.5. The summed E-state index contributed by atoms with van der Waals surface area (Å²) in [5, 5.41) is 12.0. The summed E-state index contributed by atoms with van der Waals surface area (Å²) in [5.74, 6) is 4.56. The maximum absolute atomic E-state index is 12.5. The molecule has 2 aliphatic rings. The Morgan fingerprint density at radius 2 is 1.21 bits per heavy atom. The summed E-state index contributed by atoms with van der Waals surface area (Å²) in [7, 11) is 1.24. The molecule has 0 bridgehead atoms. The average molecular weight is 1150 g/mol. The Balaban J connectivity index is 0.000000285. The number of nitrogens with two attached hydrogens (primary N) is 2. The SMILES string of the molecule is CC(C)(C)OC(=O)NC1(c2ccc(-c3nc4ccnc(Cl)c4cc3-c3ccccc3)cc2)CCC1.COC(=O)NN.Cl.Cl.Cl.NC1(c2ccc(-c3nc4ccn5c(=O)[nH]nc5c4cc3-c3ccccc3)cc2)CCC1.[K+].[OH-]. The van der Waals surface area contributed by atoms with Crippen LogP contribution < -0.4 is 79.4 Å². The molecule has 0 atom stereocenters. The largest absolute Gasteiger partial charge is 1.00 e. The summed E-state index contributed by atoms with van der Waals surface area (Å²) < 4.78 is 11.1. The summed E-state index contributed by atoms with van der Waals surface area (Å²) in [4.78, 5) is 48.5. The number of fused-ring (bicyclic) bond motifs is 4. The third kappa shape index (κ3) is 14.2. The number of aromatic nitrogens is 6. The van der Waals surface area contributed by atoms with Gasteiger partial charge < -0.3 is 26.0 Å². The van der Waals surface area contributed by atoms with Crippen LogP contribution >= 0.6 is 48.8 Å². The van der Waals surface area contributed by atoms with Crippen LogP contribution in [-0.2, 0) is 20.6 Å². The van der Waals surface area contributed by atoms with E-state index in [0.29, 0.717) is 10.8 Å². The molecule has 11 rings (SSSR count). The minimum Gasteiger partial charge on any atom is -0.870 e. The molecule has 77 heavy (non-hydrogen) atoms. The van der Waals surface area contributed by atoms with Gasteiger partial charge >= 0.3 is 69.3 Å². The van der Waals surface area contributed by atoms with Crippen LogP contribution in [0.2, 0.25) is 5.15 Å². The van der Waals surface area contributed by atoms with E-state index in [2.05, 4.69) is 116 Å². The molecule has 2 aliphatic carbocycles. The van der Waals surface area contributed by atoms with Gasteiger partial charge in [-0.05, 0) is 106 Å². The number of alkyl carbamates (subject to hydrolysis) is 1. The quantitative estimate of drug-likeness (QED) is 0.0330. The van der Waals surface area contributed by atoms with E-state index < -0.39 is 11.7 Å². The van der Waals surface area contributed by atoms with Gasteiger partial charge in [0.25, 0.3) is 0 Å².